The normalized spacial score (nSPS) is 14.9. The number of aryl methyl sites for hydroxylation is 1. The van der Waals surface area contributed by atoms with E-state index in [4.69, 9.17) is 0 Å². The Labute approximate surface area is 157 Å². The number of hydrogen-bond donors (Lipinski definition) is 2. The van der Waals surface area contributed by atoms with Gasteiger partial charge < -0.3 is 15.5 Å². The van der Waals surface area contributed by atoms with Crippen LogP contribution in [0.3, 0.4) is 0 Å². The lowest BCUT2D eigenvalue weighted by molar-refractivity contribution is 0.0640. The molecule has 138 valence electrons. The van der Waals surface area contributed by atoms with Gasteiger partial charge >= 0.3 is 6.03 Å². The maximum absolute atomic E-state index is 12.3. The van der Waals surface area contributed by atoms with Crippen molar-refractivity contribution >= 4 is 29.0 Å². The summed E-state index contributed by atoms with van der Waals surface area (Å²) in [4.78, 5) is 28.4. The fourth-order valence-corrected chi connectivity index (χ4v) is 3.60. The minimum atomic E-state index is -0.193. The quantitative estimate of drug-likeness (QED) is 0.848. The number of urea groups is 1. The van der Waals surface area contributed by atoms with Crippen molar-refractivity contribution in [3.8, 4) is 0 Å². The second-order valence-electron chi connectivity index (χ2n) is 6.40. The van der Waals surface area contributed by atoms with Gasteiger partial charge in [0.15, 0.2) is 0 Å². The molecule has 0 spiro atoms. The van der Waals surface area contributed by atoms with E-state index in [2.05, 4.69) is 15.5 Å². The van der Waals surface area contributed by atoms with E-state index in [1.807, 2.05) is 52.9 Å². The Morgan fingerprint density at radius 3 is 2.65 bits per heavy atom. The highest BCUT2D eigenvalue weighted by molar-refractivity contribution is 7.08. The van der Waals surface area contributed by atoms with Gasteiger partial charge in [0.2, 0.25) is 0 Å². The highest BCUT2D eigenvalue weighted by atomic mass is 32.1. The lowest BCUT2D eigenvalue weighted by atomic mass is 10.2. The van der Waals surface area contributed by atoms with Gasteiger partial charge in [-0.15, -0.1) is 0 Å². The summed E-state index contributed by atoms with van der Waals surface area (Å²) in [6.45, 7) is 6.46. The molecular weight excluding hydrogens is 348 g/mol. The molecule has 1 fully saturated rings. The van der Waals surface area contributed by atoms with Crippen molar-refractivity contribution in [2.24, 2.45) is 0 Å². The molecule has 1 aromatic heterocycles. The number of nitrogens with one attached hydrogen (secondary N) is 2. The summed E-state index contributed by atoms with van der Waals surface area (Å²) in [5, 5.41) is 9.54. The van der Waals surface area contributed by atoms with Crippen LogP contribution in [-0.2, 0) is 0 Å². The summed E-state index contributed by atoms with van der Waals surface area (Å²) in [5.74, 6) is 0.113. The van der Waals surface area contributed by atoms with E-state index >= 15 is 0 Å². The molecule has 2 heterocycles. The highest BCUT2D eigenvalue weighted by Gasteiger charge is 2.22. The van der Waals surface area contributed by atoms with E-state index in [9.17, 15) is 9.59 Å². The first kappa shape index (κ1) is 18.4. The van der Waals surface area contributed by atoms with Gasteiger partial charge in [-0.25, -0.2) is 4.79 Å². The van der Waals surface area contributed by atoms with Crippen molar-refractivity contribution < 1.29 is 9.59 Å². The van der Waals surface area contributed by atoms with Crippen molar-refractivity contribution in [3.63, 3.8) is 0 Å². The fraction of sp³-hybridized carbons (Fsp3) is 0.368. The second kappa shape index (κ2) is 8.82. The molecule has 3 rings (SSSR count). The number of benzene rings is 1. The standard InChI is InChI=1S/C19H24N4O2S/c1-15-3-2-4-17(13-15)21-19(25)20-6-7-22-8-10-23(11-9-22)18(24)16-5-12-26-14-16/h2-5,12-14H,6-11H2,1H3,(H2,20,21,25). The molecule has 0 radical (unpaired) electrons. The minimum absolute atomic E-state index is 0.113. The van der Waals surface area contributed by atoms with Crippen LogP contribution in [0.2, 0.25) is 0 Å². The second-order valence-corrected chi connectivity index (χ2v) is 7.18. The van der Waals surface area contributed by atoms with Crippen molar-refractivity contribution in [1.29, 1.82) is 0 Å². The summed E-state index contributed by atoms with van der Waals surface area (Å²) in [5.41, 5.74) is 2.68. The summed E-state index contributed by atoms with van der Waals surface area (Å²) >= 11 is 1.54. The van der Waals surface area contributed by atoms with E-state index < -0.39 is 0 Å². The Kier molecular flexibility index (Phi) is 6.25. The molecule has 0 unspecified atom stereocenters. The maximum atomic E-state index is 12.3. The molecule has 1 aliphatic heterocycles. The SMILES string of the molecule is Cc1cccc(NC(=O)NCCN2CCN(C(=O)c3ccsc3)CC2)c1. The van der Waals surface area contributed by atoms with Gasteiger partial charge in [0, 0.05) is 50.3 Å². The summed E-state index contributed by atoms with van der Waals surface area (Å²) < 4.78 is 0. The predicted molar refractivity (Wildman–Crippen MR) is 105 cm³/mol. The Bertz CT molecular complexity index is 740. The number of thiophene rings is 1. The summed E-state index contributed by atoms with van der Waals surface area (Å²) in [6, 6.07) is 9.39. The van der Waals surface area contributed by atoms with Crippen LogP contribution >= 0.6 is 11.3 Å². The van der Waals surface area contributed by atoms with Crippen LogP contribution in [0.15, 0.2) is 41.1 Å². The van der Waals surface area contributed by atoms with Crippen molar-refractivity contribution in [1.82, 2.24) is 15.1 Å². The van der Waals surface area contributed by atoms with E-state index in [1.165, 1.54) is 0 Å². The number of amides is 3. The van der Waals surface area contributed by atoms with Crippen LogP contribution in [0, 0.1) is 6.92 Å². The number of rotatable bonds is 5. The minimum Gasteiger partial charge on any atom is -0.337 e. The molecule has 6 nitrogen and oxygen atoms in total. The number of carbonyl (C=O) groups excluding carboxylic acids is 2. The van der Waals surface area contributed by atoms with Gasteiger partial charge in [-0.3, -0.25) is 9.69 Å². The van der Waals surface area contributed by atoms with Crippen LogP contribution in [0.5, 0.6) is 0 Å². The summed E-state index contributed by atoms with van der Waals surface area (Å²) in [7, 11) is 0. The molecule has 1 aliphatic rings. The number of hydrogen-bond acceptors (Lipinski definition) is 4. The third-order valence-electron chi connectivity index (χ3n) is 4.42. The predicted octanol–water partition coefficient (Wildman–Crippen LogP) is 2.64. The van der Waals surface area contributed by atoms with Crippen LogP contribution in [0.4, 0.5) is 10.5 Å². The Morgan fingerprint density at radius 2 is 1.96 bits per heavy atom. The van der Waals surface area contributed by atoms with Gasteiger partial charge in [-0.2, -0.15) is 11.3 Å². The Morgan fingerprint density at radius 1 is 1.15 bits per heavy atom. The van der Waals surface area contributed by atoms with E-state index in [-0.39, 0.29) is 11.9 Å². The third kappa shape index (κ3) is 5.06. The molecule has 1 saturated heterocycles. The average Bonchev–Trinajstić information content (AvgIpc) is 3.16. The van der Waals surface area contributed by atoms with Gasteiger partial charge in [-0.05, 0) is 36.1 Å². The molecule has 0 bridgehead atoms. The topological polar surface area (TPSA) is 64.7 Å². The molecule has 0 aliphatic carbocycles. The molecule has 7 heteroatoms. The molecule has 0 atom stereocenters. The number of nitrogens with zero attached hydrogens (tertiary/aromatic N) is 2. The van der Waals surface area contributed by atoms with Gasteiger partial charge in [-0.1, -0.05) is 12.1 Å². The van der Waals surface area contributed by atoms with Gasteiger partial charge in [0.1, 0.15) is 0 Å². The van der Waals surface area contributed by atoms with Crippen molar-refractivity contribution in [3.05, 3.63) is 52.2 Å². The van der Waals surface area contributed by atoms with Crippen LogP contribution < -0.4 is 10.6 Å². The van der Waals surface area contributed by atoms with E-state index in [0.29, 0.717) is 6.54 Å². The molecule has 2 N–H and O–H groups in total. The number of carbonyl (C=O) groups is 2. The van der Waals surface area contributed by atoms with Gasteiger partial charge in [0.05, 0.1) is 5.56 Å². The lowest BCUT2D eigenvalue weighted by Gasteiger charge is -2.34. The van der Waals surface area contributed by atoms with Crippen LogP contribution in [0.1, 0.15) is 15.9 Å². The zero-order valence-electron chi connectivity index (χ0n) is 14.9. The Balaban J connectivity index is 1.35. The molecule has 3 amide bonds. The molecule has 1 aromatic carbocycles. The zero-order chi connectivity index (χ0) is 18.4. The maximum Gasteiger partial charge on any atom is 0.319 e. The first-order valence-electron chi connectivity index (χ1n) is 8.77. The Hall–Kier alpha value is -2.38. The van der Waals surface area contributed by atoms with Gasteiger partial charge in [0.25, 0.3) is 5.91 Å². The lowest BCUT2D eigenvalue weighted by Crippen LogP contribution is -2.50. The van der Waals surface area contributed by atoms with Crippen LogP contribution in [0.25, 0.3) is 0 Å². The fourth-order valence-electron chi connectivity index (χ4n) is 2.97. The molecule has 2 aromatic rings. The average molecular weight is 372 g/mol. The molecular formula is C19H24N4O2S. The van der Waals surface area contributed by atoms with Crippen LogP contribution in [-0.4, -0.2) is 61.0 Å². The first-order chi connectivity index (χ1) is 12.6. The number of piperazine rings is 1. The van der Waals surface area contributed by atoms with Crippen molar-refractivity contribution in [2.45, 2.75) is 6.92 Å². The smallest absolute Gasteiger partial charge is 0.319 e. The zero-order valence-corrected chi connectivity index (χ0v) is 15.7. The highest BCUT2D eigenvalue weighted by Crippen LogP contribution is 2.12. The third-order valence-corrected chi connectivity index (χ3v) is 5.10. The molecule has 0 saturated carbocycles. The monoisotopic (exact) mass is 372 g/mol. The van der Waals surface area contributed by atoms with E-state index in [1.54, 1.807) is 11.3 Å². The molecule has 26 heavy (non-hydrogen) atoms. The summed E-state index contributed by atoms with van der Waals surface area (Å²) in [6.07, 6.45) is 0. The number of anilines is 1. The first-order valence-corrected chi connectivity index (χ1v) is 9.71. The van der Waals surface area contributed by atoms with E-state index in [0.717, 1.165) is 49.5 Å². The van der Waals surface area contributed by atoms with Crippen molar-refractivity contribution in [2.75, 3.05) is 44.6 Å². The largest absolute Gasteiger partial charge is 0.337 e.